The third-order valence-electron chi connectivity index (χ3n) is 3.19. The minimum atomic E-state index is -5.16. The second-order valence-corrected chi connectivity index (χ2v) is 6.86. The lowest BCUT2D eigenvalue weighted by atomic mass is 9.98. The van der Waals surface area contributed by atoms with E-state index in [-0.39, 0.29) is 0 Å². The quantitative estimate of drug-likeness (QED) is 0.292. The zero-order valence-corrected chi connectivity index (χ0v) is 16.3. The lowest BCUT2D eigenvalue weighted by molar-refractivity contribution is -0.291. The second kappa shape index (κ2) is 9.94. The summed E-state index contributed by atoms with van der Waals surface area (Å²) < 4.78 is 40.9. The van der Waals surface area contributed by atoms with Gasteiger partial charge in [-0.3, -0.25) is 23.7 Å². The summed E-state index contributed by atoms with van der Waals surface area (Å²) in [5, 5.41) is 0. The SMILES string of the molecule is CC(=O)OCC1OC(OP(=O)(O)O)C(OC(C)=O)C(OC(C)=O)C1OC(C)=O. The summed E-state index contributed by atoms with van der Waals surface area (Å²) in [5.41, 5.74) is 0. The van der Waals surface area contributed by atoms with E-state index in [2.05, 4.69) is 4.52 Å². The minimum absolute atomic E-state index is 0.543. The normalized spacial score (nSPS) is 27.4. The van der Waals surface area contributed by atoms with Crippen molar-refractivity contribution in [3.8, 4) is 0 Å². The Morgan fingerprint density at radius 3 is 1.71 bits per heavy atom. The van der Waals surface area contributed by atoms with Gasteiger partial charge in [0.25, 0.3) is 0 Å². The number of hydrogen-bond acceptors (Lipinski definition) is 11. The smallest absolute Gasteiger partial charge is 0.463 e. The third-order valence-corrected chi connectivity index (χ3v) is 3.67. The molecule has 5 unspecified atom stereocenters. The predicted octanol–water partition coefficient (Wildman–Crippen LogP) is -0.821. The van der Waals surface area contributed by atoms with E-state index < -0.39 is 69.0 Å². The summed E-state index contributed by atoms with van der Waals surface area (Å²) in [6.07, 6.45) is -8.01. The van der Waals surface area contributed by atoms with Gasteiger partial charge in [-0.25, -0.2) is 4.57 Å². The molecule has 1 heterocycles. The molecule has 0 aromatic rings. The van der Waals surface area contributed by atoms with Gasteiger partial charge < -0.3 is 33.5 Å². The van der Waals surface area contributed by atoms with Gasteiger partial charge in [0.1, 0.15) is 12.7 Å². The Labute approximate surface area is 159 Å². The number of carbonyl (C=O) groups is 4. The van der Waals surface area contributed by atoms with Crippen LogP contribution in [-0.4, -0.2) is 71.0 Å². The number of esters is 4. The van der Waals surface area contributed by atoms with Crippen molar-refractivity contribution in [1.29, 1.82) is 0 Å². The topological polar surface area (TPSA) is 181 Å². The summed E-state index contributed by atoms with van der Waals surface area (Å²) in [7, 11) is -5.16. The molecule has 0 radical (unpaired) electrons. The van der Waals surface area contributed by atoms with E-state index in [1.54, 1.807) is 0 Å². The maximum atomic E-state index is 11.5. The molecule has 0 aromatic heterocycles. The summed E-state index contributed by atoms with van der Waals surface area (Å²) in [6, 6.07) is 0. The van der Waals surface area contributed by atoms with Crippen molar-refractivity contribution in [2.24, 2.45) is 0 Å². The van der Waals surface area contributed by atoms with E-state index in [9.17, 15) is 23.7 Å². The molecule has 14 heteroatoms. The van der Waals surface area contributed by atoms with Gasteiger partial charge in [0.2, 0.25) is 6.29 Å². The van der Waals surface area contributed by atoms with Crippen LogP contribution in [-0.2, 0) is 52.0 Å². The van der Waals surface area contributed by atoms with Crippen LogP contribution in [0.1, 0.15) is 27.7 Å². The monoisotopic (exact) mass is 428 g/mol. The first-order valence-electron chi connectivity index (χ1n) is 7.84. The van der Waals surface area contributed by atoms with Crippen LogP contribution in [0, 0.1) is 0 Å². The van der Waals surface area contributed by atoms with Gasteiger partial charge >= 0.3 is 31.7 Å². The van der Waals surface area contributed by atoms with Crippen molar-refractivity contribution in [2.75, 3.05) is 6.61 Å². The number of hydrogen-bond donors (Lipinski definition) is 2. The average molecular weight is 428 g/mol. The van der Waals surface area contributed by atoms with Crippen LogP contribution in [0.5, 0.6) is 0 Å². The van der Waals surface area contributed by atoms with Crippen LogP contribution in [0.2, 0.25) is 0 Å². The van der Waals surface area contributed by atoms with Crippen molar-refractivity contribution in [3.05, 3.63) is 0 Å². The van der Waals surface area contributed by atoms with E-state index in [4.69, 9.17) is 33.5 Å². The lowest BCUT2D eigenvalue weighted by Gasteiger charge is -2.43. The minimum Gasteiger partial charge on any atom is -0.463 e. The Bertz CT molecular complexity index is 656. The highest BCUT2D eigenvalue weighted by Crippen LogP contribution is 2.42. The van der Waals surface area contributed by atoms with Crippen LogP contribution >= 0.6 is 7.82 Å². The van der Waals surface area contributed by atoms with E-state index in [0.717, 1.165) is 27.7 Å². The van der Waals surface area contributed by atoms with Crippen molar-refractivity contribution in [2.45, 2.75) is 58.4 Å². The Hall–Kier alpha value is -2.05. The second-order valence-electron chi connectivity index (χ2n) is 5.66. The molecule has 1 aliphatic rings. The molecule has 2 N–H and O–H groups in total. The zero-order valence-electron chi connectivity index (χ0n) is 15.4. The van der Waals surface area contributed by atoms with Gasteiger partial charge in [0.15, 0.2) is 18.3 Å². The molecule has 0 aliphatic carbocycles. The average Bonchev–Trinajstić information content (AvgIpc) is 2.48. The van der Waals surface area contributed by atoms with Gasteiger partial charge in [-0.15, -0.1) is 0 Å². The first-order chi connectivity index (χ1) is 12.8. The fourth-order valence-electron chi connectivity index (χ4n) is 2.41. The van der Waals surface area contributed by atoms with E-state index in [1.807, 2.05) is 0 Å². The Balaban J connectivity index is 3.34. The summed E-state index contributed by atoms with van der Waals surface area (Å²) in [4.78, 5) is 63.7. The van der Waals surface area contributed by atoms with Crippen LogP contribution in [0.4, 0.5) is 0 Å². The van der Waals surface area contributed by atoms with Crippen LogP contribution in [0.25, 0.3) is 0 Å². The molecule has 0 amide bonds. The van der Waals surface area contributed by atoms with Gasteiger partial charge in [0, 0.05) is 27.7 Å². The molecule has 0 bridgehead atoms. The van der Waals surface area contributed by atoms with E-state index in [0.29, 0.717) is 0 Å². The fraction of sp³-hybridized carbons (Fsp3) is 0.714. The molecule has 0 spiro atoms. The van der Waals surface area contributed by atoms with Crippen molar-refractivity contribution in [3.63, 3.8) is 0 Å². The van der Waals surface area contributed by atoms with E-state index >= 15 is 0 Å². The molecule has 1 fully saturated rings. The lowest BCUT2D eigenvalue weighted by Crippen LogP contribution is -2.62. The standard InChI is InChI=1S/C14H21O13P/c1-6(15)22-5-10-11(23-7(2)16)12(24-8(3)17)13(25-9(4)18)14(26-10)27-28(19,20)21/h10-14H,5H2,1-4H3,(H2,19,20,21). The maximum absolute atomic E-state index is 11.5. The molecule has 0 aromatic carbocycles. The molecule has 1 aliphatic heterocycles. The largest absolute Gasteiger partial charge is 0.472 e. The first-order valence-corrected chi connectivity index (χ1v) is 9.37. The van der Waals surface area contributed by atoms with Gasteiger partial charge in [0.05, 0.1) is 0 Å². The predicted molar refractivity (Wildman–Crippen MR) is 85.1 cm³/mol. The van der Waals surface area contributed by atoms with Crippen LogP contribution in [0.15, 0.2) is 0 Å². The molecular weight excluding hydrogens is 407 g/mol. The van der Waals surface area contributed by atoms with Crippen LogP contribution < -0.4 is 0 Å². The number of ether oxygens (including phenoxy) is 5. The molecule has 0 saturated carbocycles. The van der Waals surface area contributed by atoms with E-state index in [1.165, 1.54) is 0 Å². The maximum Gasteiger partial charge on any atom is 0.472 e. The number of phosphoric ester groups is 1. The number of phosphoric acid groups is 1. The molecular formula is C14H21O13P. The fourth-order valence-corrected chi connectivity index (χ4v) is 2.85. The molecule has 1 saturated heterocycles. The van der Waals surface area contributed by atoms with Gasteiger partial charge in [-0.05, 0) is 0 Å². The van der Waals surface area contributed by atoms with Crippen LogP contribution in [0.3, 0.4) is 0 Å². The van der Waals surface area contributed by atoms with Gasteiger partial charge in [-0.2, -0.15) is 0 Å². The van der Waals surface area contributed by atoms with Crippen molar-refractivity contribution >= 4 is 31.7 Å². The molecule has 13 nitrogen and oxygen atoms in total. The first kappa shape index (κ1) is 24.0. The molecule has 160 valence electrons. The molecule has 28 heavy (non-hydrogen) atoms. The zero-order chi connectivity index (χ0) is 21.6. The Morgan fingerprint density at radius 2 is 1.29 bits per heavy atom. The van der Waals surface area contributed by atoms with Gasteiger partial charge in [-0.1, -0.05) is 0 Å². The number of carbonyl (C=O) groups excluding carboxylic acids is 4. The molecule has 5 atom stereocenters. The summed E-state index contributed by atoms with van der Waals surface area (Å²) in [6.45, 7) is 3.56. The summed E-state index contributed by atoms with van der Waals surface area (Å²) >= 11 is 0. The Morgan fingerprint density at radius 1 is 0.821 bits per heavy atom. The Kier molecular flexibility index (Phi) is 8.51. The number of rotatable bonds is 7. The summed E-state index contributed by atoms with van der Waals surface area (Å²) in [5.74, 6) is -3.38. The van der Waals surface area contributed by atoms with Crippen molar-refractivity contribution < 1.29 is 61.7 Å². The van der Waals surface area contributed by atoms with Crippen molar-refractivity contribution in [1.82, 2.24) is 0 Å². The highest BCUT2D eigenvalue weighted by Gasteiger charge is 2.54. The molecule has 1 rings (SSSR count). The highest BCUT2D eigenvalue weighted by atomic mass is 31.2. The highest BCUT2D eigenvalue weighted by molar-refractivity contribution is 7.46. The third kappa shape index (κ3) is 7.90.